The normalized spacial score (nSPS) is 23.4. The quantitative estimate of drug-likeness (QED) is 0.852. The molecule has 1 fully saturated rings. The van der Waals surface area contributed by atoms with Gasteiger partial charge in [0.2, 0.25) is 0 Å². The Bertz CT molecular complexity index is 636. The molecule has 24 heavy (non-hydrogen) atoms. The van der Waals surface area contributed by atoms with Gasteiger partial charge in [-0.3, -0.25) is 0 Å². The molecule has 1 saturated heterocycles. The van der Waals surface area contributed by atoms with E-state index >= 15 is 0 Å². The molecule has 0 amide bonds. The van der Waals surface area contributed by atoms with Crippen molar-refractivity contribution in [3.05, 3.63) is 65.2 Å². The van der Waals surface area contributed by atoms with Crippen molar-refractivity contribution in [1.82, 2.24) is 0 Å². The van der Waals surface area contributed by atoms with Crippen LogP contribution in [0.4, 0.5) is 0 Å². The van der Waals surface area contributed by atoms with Crippen LogP contribution in [0.1, 0.15) is 29.0 Å². The highest BCUT2D eigenvalue weighted by Gasteiger charge is 2.34. The Morgan fingerprint density at radius 1 is 1.04 bits per heavy atom. The van der Waals surface area contributed by atoms with Crippen molar-refractivity contribution in [1.29, 1.82) is 0 Å². The van der Waals surface area contributed by atoms with Crippen LogP contribution in [0.15, 0.2) is 48.5 Å². The highest BCUT2D eigenvalue weighted by molar-refractivity contribution is 5.27. The van der Waals surface area contributed by atoms with E-state index < -0.39 is 0 Å². The topological polar surface area (TPSA) is 39.7 Å². The van der Waals surface area contributed by atoms with Gasteiger partial charge in [-0.1, -0.05) is 42.0 Å². The number of aryl methyl sites for hydroxylation is 2. The van der Waals surface area contributed by atoms with Gasteiger partial charge in [0.15, 0.2) is 0 Å². The lowest BCUT2D eigenvalue weighted by molar-refractivity contribution is -0.888. The summed E-state index contributed by atoms with van der Waals surface area (Å²) in [5, 5.41) is 0. The molecule has 2 aromatic carbocycles. The van der Waals surface area contributed by atoms with Gasteiger partial charge in [0, 0.05) is 6.42 Å². The van der Waals surface area contributed by atoms with Crippen molar-refractivity contribution in [2.45, 2.75) is 31.7 Å². The maximum absolute atomic E-state index is 6.42. The zero-order valence-electron chi connectivity index (χ0n) is 14.8. The monoisotopic (exact) mass is 325 g/mol. The molecule has 0 aliphatic carbocycles. The molecule has 0 bridgehead atoms. The van der Waals surface area contributed by atoms with Crippen molar-refractivity contribution in [3.63, 3.8) is 0 Å². The molecule has 0 spiro atoms. The highest BCUT2D eigenvalue weighted by Crippen LogP contribution is 2.20. The van der Waals surface area contributed by atoms with E-state index in [9.17, 15) is 0 Å². The number of hydrogen-bond donors (Lipinski definition) is 2. The van der Waals surface area contributed by atoms with Crippen LogP contribution < -0.4 is 15.4 Å². The molecule has 1 aliphatic rings. The predicted octanol–water partition coefficient (Wildman–Crippen LogP) is 1.95. The first-order valence-corrected chi connectivity index (χ1v) is 8.94. The van der Waals surface area contributed by atoms with Gasteiger partial charge in [0.25, 0.3) is 0 Å². The SMILES string of the molecule is COc1ccc(CCC[NH+]2CC(N)C(c3ccc(C)cc3)C2)cc1. The Morgan fingerprint density at radius 3 is 2.42 bits per heavy atom. The summed E-state index contributed by atoms with van der Waals surface area (Å²) in [6.07, 6.45) is 2.33. The number of hydrogen-bond acceptors (Lipinski definition) is 2. The summed E-state index contributed by atoms with van der Waals surface area (Å²) < 4.78 is 5.21. The fourth-order valence-corrected chi connectivity index (χ4v) is 3.74. The van der Waals surface area contributed by atoms with Gasteiger partial charge in [0.1, 0.15) is 5.75 Å². The maximum Gasteiger partial charge on any atom is 0.118 e. The molecule has 1 heterocycles. The zero-order chi connectivity index (χ0) is 16.9. The van der Waals surface area contributed by atoms with Crippen LogP contribution in [-0.2, 0) is 6.42 Å². The van der Waals surface area contributed by atoms with E-state index in [1.54, 1.807) is 12.0 Å². The molecular formula is C21H29N2O+. The lowest BCUT2D eigenvalue weighted by Gasteiger charge is -2.13. The van der Waals surface area contributed by atoms with Crippen LogP contribution in [0.25, 0.3) is 0 Å². The lowest BCUT2D eigenvalue weighted by atomic mass is 9.94. The van der Waals surface area contributed by atoms with Gasteiger partial charge < -0.3 is 15.4 Å². The van der Waals surface area contributed by atoms with Crippen molar-refractivity contribution in [3.8, 4) is 5.75 Å². The molecule has 3 unspecified atom stereocenters. The molecule has 3 nitrogen and oxygen atoms in total. The van der Waals surface area contributed by atoms with Crippen molar-refractivity contribution in [2.24, 2.45) is 5.73 Å². The van der Waals surface area contributed by atoms with E-state index in [-0.39, 0.29) is 6.04 Å². The standard InChI is InChI=1S/C21H28N2O/c1-16-5-9-18(10-6-16)20-14-23(15-21(20)22)13-3-4-17-7-11-19(24-2)12-8-17/h5-12,20-21H,3-4,13-15,22H2,1-2H3/p+1. The first-order valence-electron chi connectivity index (χ1n) is 8.94. The largest absolute Gasteiger partial charge is 0.497 e. The smallest absolute Gasteiger partial charge is 0.118 e. The summed E-state index contributed by atoms with van der Waals surface area (Å²) in [4.78, 5) is 1.64. The van der Waals surface area contributed by atoms with Crippen LogP contribution in [0.2, 0.25) is 0 Å². The molecule has 0 aromatic heterocycles. The zero-order valence-corrected chi connectivity index (χ0v) is 14.8. The molecule has 2 aromatic rings. The van der Waals surface area contributed by atoms with Gasteiger partial charge in [0.05, 0.1) is 38.7 Å². The number of nitrogens with two attached hydrogens (primary N) is 1. The first kappa shape index (κ1) is 17.0. The number of methoxy groups -OCH3 is 1. The second-order valence-electron chi connectivity index (χ2n) is 7.04. The van der Waals surface area contributed by atoms with Crippen LogP contribution in [0.5, 0.6) is 5.75 Å². The third-order valence-electron chi connectivity index (χ3n) is 5.21. The van der Waals surface area contributed by atoms with E-state index in [0.717, 1.165) is 25.3 Å². The number of nitrogens with one attached hydrogen (secondary N) is 1. The first-order chi connectivity index (χ1) is 11.7. The summed E-state index contributed by atoms with van der Waals surface area (Å²) >= 11 is 0. The minimum atomic E-state index is 0.281. The number of quaternary nitrogens is 1. The molecule has 3 heteroatoms. The molecule has 0 saturated carbocycles. The molecule has 3 atom stereocenters. The van der Waals surface area contributed by atoms with Crippen molar-refractivity contribution in [2.75, 3.05) is 26.7 Å². The number of ether oxygens (including phenoxy) is 1. The molecule has 3 N–H and O–H groups in total. The summed E-state index contributed by atoms with van der Waals surface area (Å²) in [5.41, 5.74) is 10.5. The summed E-state index contributed by atoms with van der Waals surface area (Å²) in [6.45, 7) is 5.57. The average molecular weight is 325 g/mol. The second kappa shape index (κ2) is 7.82. The van der Waals surface area contributed by atoms with Gasteiger partial charge >= 0.3 is 0 Å². The van der Waals surface area contributed by atoms with Crippen LogP contribution in [0, 0.1) is 6.92 Å². The number of likely N-dealkylation sites (tertiary alicyclic amines) is 1. The lowest BCUT2D eigenvalue weighted by Crippen LogP contribution is -3.10. The highest BCUT2D eigenvalue weighted by atomic mass is 16.5. The van der Waals surface area contributed by atoms with Crippen LogP contribution in [0.3, 0.4) is 0 Å². The molecule has 0 radical (unpaired) electrons. The predicted molar refractivity (Wildman–Crippen MR) is 98.8 cm³/mol. The van der Waals surface area contributed by atoms with E-state index in [1.807, 2.05) is 12.1 Å². The van der Waals surface area contributed by atoms with Gasteiger partial charge in [-0.2, -0.15) is 0 Å². The summed E-state index contributed by atoms with van der Waals surface area (Å²) in [5.74, 6) is 1.43. The Morgan fingerprint density at radius 2 is 1.75 bits per heavy atom. The minimum Gasteiger partial charge on any atom is -0.497 e. The van der Waals surface area contributed by atoms with Crippen molar-refractivity contribution < 1.29 is 9.64 Å². The van der Waals surface area contributed by atoms with Crippen LogP contribution in [-0.4, -0.2) is 32.8 Å². The summed E-state index contributed by atoms with van der Waals surface area (Å²) in [7, 11) is 1.71. The van der Waals surface area contributed by atoms with E-state index in [4.69, 9.17) is 10.5 Å². The molecule has 3 rings (SSSR count). The molecular weight excluding hydrogens is 296 g/mol. The third-order valence-corrected chi connectivity index (χ3v) is 5.21. The number of rotatable bonds is 6. The maximum atomic E-state index is 6.42. The fourth-order valence-electron chi connectivity index (χ4n) is 3.74. The fraction of sp³-hybridized carbons (Fsp3) is 0.429. The van der Waals surface area contributed by atoms with E-state index in [1.165, 1.54) is 29.7 Å². The average Bonchev–Trinajstić information content (AvgIpc) is 2.97. The van der Waals surface area contributed by atoms with Gasteiger partial charge in [-0.25, -0.2) is 0 Å². The Hall–Kier alpha value is -1.84. The third kappa shape index (κ3) is 4.16. The number of benzene rings is 2. The Balaban J connectivity index is 1.49. The molecule has 1 aliphatic heterocycles. The molecule has 128 valence electrons. The Labute approximate surface area is 145 Å². The van der Waals surface area contributed by atoms with Crippen molar-refractivity contribution >= 4 is 0 Å². The minimum absolute atomic E-state index is 0.281. The van der Waals surface area contributed by atoms with E-state index in [0.29, 0.717) is 5.92 Å². The summed E-state index contributed by atoms with van der Waals surface area (Å²) in [6, 6.07) is 17.6. The van der Waals surface area contributed by atoms with E-state index in [2.05, 4.69) is 43.3 Å². The Kier molecular flexibility index (Phi) is 5.54. The van der Waals surface area contributed by atoms with Gasteiger partial charge in [-0.05, 0) is 36.6 Å². The second-order valence-corrected chi connectivity index (χ2v) is 7.04. The van der Waals surface area contributed by atoms with Gasteiger partial charge in [-0.15, -0.1) is 0 Å². The van der Waals surface area contributed by atoms with Crippen LogP contribution >= 0.6 is 0 Å².